The minimum absolute atomic E-state index is 0.249. The van der Waals surface area contributed by atoms with Gasteiger partial charge in [0, 0.05) is 13.6 Å². The molecule has 0 spiro atoms. The normalized spacial score (nSPS) is 12.4. The third-order valence-electron chi connectivity index (χ3n) is 2.44. The molecule has 106 valence electrons. The highest BCUT2D eigenvalue weighted by Crippen LogP contribution is 2.13. The molecule has 0 bridgehead atoms. The van der Waals surface area contributed by atoms with Gasteiger partial charge in [-0.05, 0) is 33.6 Å². The van der Waals surface area contributed by atoms with E-state index in [1.807, 2.05) is 20.8 Å². The molecule has 1 amide bonds. The van der Waals surface area contributed by atoms with Crippen LogP contribution in [0.3, 0.4) is 0 Å². The average Bonchev–Trinajstić information content (AvgIpc) is 2.23. The minimum Gasteiger partial charge on any atom is -0.444 e. The minimum atomic E-state index is -0.427. The molecule has 0 unspecified atom stereocenters. The Labute approximate surface area is 112 Å². The first kappa shape index (κ1) is 17.0. The van der Waals surface area contributed by atoms with Crippen molar-refractivity contribution in [3.63, 3.8) is 0 Å². The van der Waals surface area contributed by atoms with Crippen LogP contribution < -0.4 is 0 Å². The Hall–Kier alpha value is -0.990. The number of rotatable bonds is 6. The van der Waals surface area contributed by atoms with Crippen molar-refractivity contribution >= 4 is 6.09 Å². The number of carbonyl (C=O) groups is 1. The molecule has 3 heteroatoms. The molecule has 0 N–H and O–H groups in total. The quantitative estimate of drug-likeness (QED) is 0.659. The summed E-state index contributed by atoms with van der Waals surface area (Å²) in [6.07, 6.45) is 6.39. The molecule has 0 aromatic heterocycles. The Morgan fingerprint density at radius 3 is 2.28 bits per heavy atom. The summed E-state index contributed by atoms with van der Waals surface area (Å²) in [6, 6.07) is 0. The maximum atomic E-state index is 11.8. The van der Waals surface area contributed by atoms with Gasteiger partial charge in [-0.15, -0.1) is 0 Å². The fourth-order valence-electron chi connectivity index (χ4n) is 1.62. The Bertz CT molecular complexity index is 277. The van der Waals surface area contributed by atoms with Crippen LogP contribution in [0.5, 0.6) is 0 Å². The van der Waals surface area contributed by atoms with Crippen LogP contribution in [-0.2, 0) is 4.74 Å². The van der Waals surface area contributed by atoms with Gasteiger partial charge in [-0.25, -0.2) is 4.79 Å². The van der Waals surface area contributed by atoms with Crippen LogP contribution in [0.1, 0.15) is 60.3 Å². The van der Waals surface area contributed by atoms with Crippen LogP contribution in [0.25, 0.3) is 0 Å². The second-order valence-corrected chi connectivity index (χ2v) is 5.74. The molecule has 0 saturated heterocycles. The van der Waals surface area contributed by atoms with Gasteiger partial charge < -0.3 is 9.64 Å². The van der Waals surface area contributed by atoms with E-state index >= 15 is 0 Å². The third-order valence-corrected chi connectivity index (χ3v) is 2.44. The smallest absolute Gasteiger partial charge is 0.410 e. The predicted molar refractivity (Wildman–Crippen MR) is 76.8 cm³/mol. The van der Waals surface area contributed by atoms with E-state index in [0.717, 1.165) is 25.7 Å². The number of nitrogens with zero attached hydrogens (tertiary/aromatic N) is 1. The van der Waals surface area contributed by atoms with Gasteiger partial charge in [0.05, 0.1) is 0 Å². The van der Waals surface area contributed by atoms with E-state index in [2.05, 4.69) is 19.9 Å². The number of carbonyl (C=O) groups excluding carboxylic acids is 1. The van der Waals surface area contributed by atoms with Crippen LogP contribution in [0.2, 0.25) is 0 Å². The molecule has 0 radical (unpaired) electrons. The first-order valence-electron chi connectivity index (χ1n) is 6.92. The van der Waals surface area contributed by atoms with Crippen molar-refractivity contribution in [1.29, 1.82) is 0 Å². The fraction of sp³-hybridized carbons (Fsp3) is 0.800. The maximum Gasteiger partial charge on any atom is 0.410 e. The second kappa shape index (κ2) is 8.17. The molecule has 18 heavy (non-hydrogen) atoms. The molecular formula is C15H29NO2. The zero-order valence-electron chi connectivity index (χ0n) is 12.9. The van der Waals surface area contributed by atoms with Gasteiger partial charge >= 0.3 is 6.09 Å². The molecule has 0 aromatic rings. The van der Waals surface area contributed by atoms with E-state index in [0.29, 0.717) is 6.54 Å². The summed E-state index contributed by atoms with van der Waals surface area (Å²) < 4.78 is 5.34. The van der Waals surface area contributed by atoms with Crippen molar-refractivity contribution in [2.24, 2.45) is 0 Å². The van der Waals surface area contributed by atoms with Crippen LogP contribution in [-0.4, -0.2) is 30.2 Å². The molecule has 0 saturated carbocycles. The zero-order valence-corrected chi connectivity index (χ0v) is 12.9. The Morgan fingerprint density at radius 2 is 1.83 bits per heavy atom. The molecule has 0 atom stereocenters. The molecular weight excluding hydrogens is 226 g/mol. The summed E-state index contributed by atoms with van der Waals surface area (Å²) >= 11 is 0. The first-order chi connectivity index (χ1) is 8.30. The standard InChI is InChI=1S/C15H29NO2/c1-7-9-11-13(10-8-2)12-16(6)14(17)18-15(3,4)5/h11H,7-10,12H2,1-6H3/b13-11+. The number of amides is 1. The zero-order chi connectivity index (χ0) is 14.2. The van der Waals surface area contributed by atoms with Crippen molar-refractivity contribution in [2.45, 2.75) is 65.9 Å². The number of likely N-dealkylation sites (N-methyl/N-ethyl adjacent to an activating group) is 1. The number of unbranched alkanes of at least 4 members (excludes halogenated alkanes) is 1. The Kier molecular flexibility index (Phi) is 7.72. The number of allylic oxidation sites excluding steroid dienone is 1. The molecule has 3 nitrogen and oxygen atoms in total. The summed E-state index contributed by atoms with van der Waals surface area (Å²) in [6.45, 7) is 10.7. The molecule has 0 fully saturated rings. The van der Waals surface area contributed by atoms with Crippen molar-refractivity contribution in [2.75, 3.05) is 13.6 Å². The molecule has 0 aliphatic carbocycles. The van der Waals surface area contributed by atoms with Crippen molar-refractivity contribution in [3.8, 4) is 0 Å². The first-order valence-corrected chi connectivity index (χ1v) is 6.92. The molecule has 0 aliphatic heterocycles. The van der Waals surface area contributed by atoms with E-state index < -0.39 is 5.60 Å². The Morgan fingerprint density at radius 1 is 1.22 bits per heavy atom. The van der Waals surface area contributed by atoms with Gasteiger partial charge in [-0.1, -0.05) is 38.3 Å². The highest BCUT2D eigenvalue weighted by molar-refractivity contribution is 5.68. The molecule has 0 aliphatic rings. The van der Waals surface area contributed by atoms with Crippen molar-refractivity contribution in [1.82, 2.24) is 4.90 Å². The van der Waals surface area contributed by atoms with Gasteiger partial charge in [-0.2, -0.15) is 0 Å². The van der Waals surface area contributed by atoms with Gasteiger partial charge in [0.1, 0.15) is 5.60 Å². The predicted octanol–water partition coefficient (Wildman–Crippen LogP) is 4.38. The van der Waals surface area contributed by atoms with E-state index in [4.69, 9.17) is 4.74 Å². The fourth-order valence-corrected chi connectivity index (χ4v) is 1.62. The SMILES string of the molecule is CCC/C=C(\CCC)CN(C)C(=O)OC(C)(C)C. The van der Waals surface area contributed by atoms with Crippen molar-refractivity contribution < 1.29 is 9.53 Å². The second-order valence-electron chi connectivity index (χ2n) is 5.74. The van der Waals surface area contributed by atoms with E-state index in [1.54, 1.807) is 11.9 Å². The lowest BCUT2D eigenvalue weighted by Crippen LogP contribution is -2.35. The summed E-state index contributed by atoms with van der Waals surface area (Å²) in [7, 11) is 1.80. The number of ether oxygens (including phenoxy) is 1. The number of hydrogen-bond acceptors (Lipinski definition) is 2. The van der Waals surface area contributed by atoms with Gasteiger partial charge in [0.15, 0.2) is 0 Å². The lowest BCUT2D eigenvalue weighted by Gasteiger charge is -2.25. The molecule has 0 aromatic carbocycles. The van der Waals surface area contributed by atoms with Gasteiger partial charge in [-0.3, -0.25) is 0 Å². The topological polar surface area (TPSA) is 29.5 Å². The summed E-state index contributed by atoms with van der Waals surface area (Å²) in [5.74, 6) is 0. The number of hydrogen-bond donors (Lipinski definition) is 0. The monoisotopic (exact) mass is 255 g/mol. The van der Waals surface area contributed by atoms with Crippen LogP contribution in [0, 0.1) is 0 Å². The van der Waals surface area contributed by atoms with Crippen LogP contribution in [0.4, 0.5) is 4.79 Å². The van der Waals surface area contributed by atoms with Crippen LogP contribution >= 0.6 is 0 Å². The lowest BCUT2D eigenvalue weighted by molar-refractivity contribution is 0.0312. The largest absolute Gasteiger partial charge is 0.444 e. The summed E-state index contributed by atoms with van der Waals surface area (Å²) in [4.78, 5) is 13.5. The van der Waals surface area contributed by atoms with Crippen LogP contribution in [0.15, 0.2) is 11.6 Å². The highest BCUT2D eigenvalue weighted by atomic mass is 16.6. The third kappa shape index (κ3) is 8.15. The Balaban J connectivity index is 4.40. The maximum absolute atomic E-state index is 11.8. The highest BCUT2D eigenvalue weighted by Gasteiger charge is 2.19. The van der Waals surface area contributed by atoms with E-state index in [1.165, 1.54) is 5.57 Å². The summed E-state index contributed by atoms with van der Waals surface area (Å²) in [5.41, 5.74) is 0.899. The lowest BCUT2D eigenvalue weighted by atomic mass is 10.1. The van der Waals surface area contributed by atoms with E-state index in [-0.39, 0.29) is 6.09 Å². The van der Waals surface area contributed by atoms with E-state index in [9.17, 15) is 4.79 Å². The van der Waals surface area contributed by atoms with Gasteiger partial charge in [0.25, 0.3) is 0 Å². The average molecular weight is 255 g/mol. The van der Waals surface area contributed by atoms with Gasteiger partial charge in [0.2, 0.25) is 0 Å². The van der Waals surface area contributed by atoms with Crippen molar-refractivity contribution in [3.05, 3.63) is 11.6 Å². The molecule has 0 heterocycles. The summed E-state index contributed by atoms with van der Waals surface area (Å²) in [5, 5.41) is 0. The molecule has 0 rings (SSSR count).